The molecule has 1 fully saturated rings. The molecule has 2 atom stereocenters. The number of hydrogen-bond donors (Lipinski definition) is 2. The Morgan fingerprint density at radius 3 is 2.68 bits per heavy atom. The second-order valence-corrected chi connectivity index (χ2v) is 6.39. The number of amides is 1. The molecule has 0 aromatic carbocycles. The number of nitrogens with one attached hydrogen (secondary N) is 1. The maximum Gasteiger partial charge on any atom is 0.220 e. The first-order valence-electron chi connectivity index (χ1n) is 7.55. The first-order chi connectivity index (χ1) is 8.97. The van der Waals surface area contributed by atoms with E-state index in [1.54, 1.807) is 0 Å². The third-order valence-electron chi connectivity index (χ3n) is 4.10. The molecule has 1 aliphatic heterocycles. The van der Waals surface area contributed by atoms with Gasteiger partial charge in [0.2, 0.25) is 5.91 Å². The number of carbonyl (C=O) groups excluding carboxylic acids is 1. The Hall–Kier alpha value is -0.610. The molecule has 0 spiro atoms. The van der Waals surface area contributed by atoms with Gasteiger partial charge in [0.1, 0.15) is 0 Å². The van der Waals surface area contributed by atoms with E-state index in [-0.39, 0.29) is 11.4 Å². The second-order valence-electron chi connectivity index (χ2n) is 6.39. The predicted molar refractivity (Wildman–Crippen MR) is 77.8 cm³/mol. The second kappa shape index (κ2) is 7.85. The lowest BCUT2D eigenvalue weighted by molar-refractivity contribution is -0.125. The number of ether oxygens (including phenoxy) is 1. The quantitative estimate of drug-likeness (QED) is 0.744. The minimum absolute atomic E-state index is 0.149. The van der Waals surface area contributed by atoms with Crippen LogP contribution in [0.1, 0.15) is 52.9 Å². The number of nitrogens with two attached hydrogens (primary N) is 1. The van der Waals surface area contributed by atoms with Crippen molar-refractivity contribution >= 4 is 5.91 Å². The molecule has 4 heteroatoms. The van der Waals surface area contributed by atoms with Gasteiger partial charge in [0.25, 0.3) is 0 Å². The molecule has 1 saturated heterocycles. The number of hydrogen-bond acceptors (Lipinski definition) is 3. The maximum absolute atomic E-state index is 12.0. The monoisotopic (exact) mass is 270 g/mol. The molecule has 0 aromatic heterocycles. The smallest absolute Gasteiger partial charge is 0.220 e. The summed E-state index contributed by atoms with van der Waals surface area (Å²) in [5.41, 5.74) is 5.46. The van der Waals surface area contributed by atoms with Gasteiger partial charge in [-0.3, -0.25) is 4.79 Å². The normalized spacial score (nSPS) is 25.3. The van der Waals surface area contributed by atoms with Crippen LogP contribution >= 0.6 is 0 Å². The lowest BCUT2D eigenvalue weighted by atomic mass is 9.88. The van der Waals surface area contributed by atoms with E-state index in [1.165, 1.54) is 0 Å². The van der Waals surface area contributed by atoms with E-state index in [0.717, 1.165) is 32.3 Å². The molecule has 112 valence electrons. The van der Waals surface area contributed by atoms with Crippen LogP contribution in [0.25, 0.3) is 0 Å². The van der Waals surface area contributed by atoms with Crippen molar-refractivity contribution in [3.63, 3.8) is 0 Å². The van der Waals surface area contributed by atoms with Crippen molar-refractivity contribution in [1.29, 1.82) is 0 Å². The molecular formula is C15H30N2O2. The lowest BCUT2D eigenvalue weighted by Crippen LogP contribution is -2.51. The van der Waals surface area contributed by atoms with Crippen molar-refractivity contribution in [2.45, 2.75) is 58.4 Å². The Labute approximate surface area is 117 Å². The molecule has 0 radical (unpaired) electrons. The molecule has 2 unspecified atom stereocenters. The van der Waals surface area contributed by atoms with Gasteiger partial charge in [-0.15, -0.1) is 0 Å². The van der Waals surface area contributed by atoms with Gasteiger partial charge in [-0.1, -0.05) is 13.8 Å². The van der Waals surface area contributed by atoms with E-state index in [4.69, 9.17) is 10.5 Å². The molecule has 1 rings (SSSR count). The van der Waals surface area contributed by atoms with Crippen LogP contribution in [-0.2, 0) is 9.53 Å². The summed E-state index contributed by atoms with van der Waals surface area (Å²) < 4.78 is 5.46. The molecule has 1 aliphatic rings. The van der Waals surface area contributed by atoms with Gasteiger partial charge < -0.3 is 15.8 Å². The minimum atomic E-state index is -0.170. The average molecular weight is 270 g/mol. The van der Waals surface area contributed by atoms with Crippen molar-refractivity contribution in [3.05, 3.63) is 0 Å². The summed E-state index contributed by atoms with van der Waals surface area (Å²) in [5, 5.41) is 3.14. The summed E-state index contributed by atoms with van der Waals surface area (Å²) in [6.45, 7) is 8.63. The third-order valence-corrected chi connectivity index (χ3v) is 4.10. The topological polar surface area (TPSA) is 64.4 Å². The van der Waals surface area contributed by atoms with E-state index >= 15 is 0 Å². The highest BCUT2D eigenvalue weighted by Crippen LogP contribution is 2.22. The average Bonchev–Trinajstić information content (AvgIpc) is 2.34. The molecule has 19 heavy (non-hydrogen) atoms. The fraction of sp³-hybridized carbons (Fsp3) is 0.933. The molecule has 0 bridgehead atoms. The molecule has 1 amide bonds. The van der Waals surface area contributed by atoms with Crippen molar-refractivity contribution in [2.24, 2.45) is 17.6 Å². The van der Waals surface area contributed by atoms with Crippen LogP contribution < -0.4 is 11.1 Å². The van der Waals surface area contributed by atoms with Gasteiger partial charge in [0.15, 0.2) is 0 Å². The highest BCUT2D eigenvalue weighted by molar-refractivity contribution is 5.76. The number of carbonyl (C=O) groups is 1. The van der Waals surface area contributed by atoms with Crippen LogP contribution in [0.2, 0.25) is 0 Å². The van der Waals surface area contributed by atoms with E-state index in [2.05, 4.69) is 26.1 Å². The largest absolute Gasteiger partial charge is 0.379 e. The summed E-state index contributed by atoms with van der Waals surface area (Å²) in [6.07, 6.45) is 4.56. The van der Waals surface area contributed by atoms with Gasteiger partial charge >= 0.3 is 0 Å². The maximum atomic E-state index is 12.0. The Bertz CT molecular complexity index is 273. The molecule has 0 aliphatic carbocycles. The SMILES string of the molecule is CC(C)C(CCN)CCC(=O)NC1(C)CCCOC1. The Morgan fingerprint density at radius 1 is 1.42 bits per heavy atom. The third kappa shape index (κ3) is 5.91. The predicted octanol–water partition coefficient (Wildman–Crippen LogP) is 2.07. The van der Waals surface area contributed by atoms with Crippen LogP contribution in [0.5, 0.6) is 0 Å². The molecule has 0 aromatic rings. The van der Waals surface area contributed by atoms with Crippen LogP contribution in [0.4, 0.5) is 0 Å². The zero-order chi connectivity index (χ0) is 14.3. The first-order valence-corrected chi connectivity index (χ1v) is 7.55. The van der Waals surface area contributed by atoms with E-state index in [9.17, 15) is 4.79 Å². The van der Waals surface area contributed by atoms with Crippen molar-refractivity contribution < 1.29 is 9.53 Å². The fourth-order valence-electron chi connectivity index (χ4n) is 2.77. The summed E-state index contributed by atoms with van der Waals surface area (Å²) in [6, 6.07) is 0. The number of rotatable bonds is 7. The zero-order valence-corrected chi connectivity index (χ0v) is 12.7. The van der Waals surface area contributed by atoms with Crippen LogP contribution in [0.15, 0.2) is 0 Å². The van der Waals surface area contributed by atoms with E-state index < -0.39 is 0 Å². The van der Waals surface area contributed by atoms with Crippen LogP contribution in [0.3, 0.4) is 0 Å². The molecule has 4 nitrogen and oxygen atoms in total. The van der Waals surface area contributed by atoms with Gasteiger partial charge in [0.05, 0.1) is 12.1 Å². The van der Waals surface area contributed by atoms with Crippen molar-refractivity contribution in [3.8, 4) is 0 Å². The van der Waals surface area contributed by atoms with Crippen molar-refractivity contribution in [2.75, 3.05) is 19.8 Å². The van der Waals surface area contributed by atoms with E-state index in [1.807, 2.05) is 0 Å². The van der Waals surface area contributed by atoms with E-state index in [0.29, 0.717) is 31.4 Å². The summed E-state index contributed by atoms with van der Waals surface area (Å²) in [5.74, 6) is 1.28. The summed E-state index contributed by atoms with van der Waals surface area (Å²) >= 11 is 0. The Kier molecular flexibility index (Phi) is 6.80. The fourth-order valence-corrected chi connectivity index (χ4v) is 2.77. The molecule has 3 N–H and O–H groups in total. The lowest BCUT2D eigenvalue weighted by Gasteiger charge is -2.34. The van der Waals surface area contributed by atoms with Crippen LogP contribution in [-0.4, -0.2) is 31.2 Å². The van der Waals surface area contributed by atoms with Gasteiger partial charge in [-0.25, -0.2) is 0 Å². The molecule has 1 heterocycles. The zero-order valence-electron chi connectivity index (χ0n) is 12.7. The molecule has 0 saturated carbocycles. The highest BCUT2D eigenvalue weighted by Gasteiger charge is 2.29. The van der Waals surface area contributed by atoms with Crippen molar-refractivity contribution in [1.82, 2.24) is 5.32 Å². The van der Waals surface area contributed by atoms with Crippen LogP contribution in [0, 0.1) is 11.8 Å². The standard InChI is InChI=1S/C15H30N2O2/c1-12(2)13(7-9-16)5-6-14(18)17-15(3)8-4-10-19-11-15/h12-13H,4-11,16H2,1-3H3,(H,17,18). The molecular weight excluding hydrogens is 240 g/mol. The van der Waals surface area contributed by atoms with Gasteiger partial charge in [-0.2, -0.15) is 0 Å². The Balaban J connectivity index is 2.33. The van der Waals surface area contributed by atoms with Gasteiger partial charge in [0, 0.05) is 13.0 Å². The van der Waals surface area contributed by atoms with Gasteiger partial charge in [-0.05, 0) is 51.0 Å². The first kappa shape index (κ1) is 16.4. The minimum Gasteiger partial charge on any atom is -0.379 e. The summed E-state index contributed by atoms with van der Waals surface area (Å²) in [4.78, 5) is 12.0. The Morgan fingerprint density at radius 2 is 2.16 bits per heavy atom. The summed E-state index contributed by atoms with van der Waals surface area (Å²) in [7, 11) is 0. The highest BCUT2D eigenvalue weighted by atomic mass is 16.5.